The SMILES string of the molecule is CC(C)Oc1ccc(S(N)(=O)=O)cc1Nc1nc(-c2ccc(OCCN3CCC(C)(F)CC3)cc2)cs1. The standard InChI is InChI=1S/C26H33FN4O4S2/c1-18(2)35-24-9-8-21(37(28,32)33)16-22(24)29-25-30-23(17-36-25)19-4-6-20(7-5-19)34-15-14-31-12-10-26(3,27)11-13-31/h4-9,16-18H,10-15H2,1-3H3,(H,29,30)(H2,28,32,33). The Morgan fingerprint density at radius 1 is 1.19 bits per heavy atom. The summed E-state index contributed by atoms with van der Waals surface area (Å²) in [6.45, 7) is 8.29. The number of halogens is 1. The van der Waals surface area contributed by atoms with E-state index in [1.165, 1.54) is 23.5 Å². The van der Waals surface area contributed by atoms with Gasteiger partial charge in [0.15, 0.2) is 5.13 Å². The van der Waals surface area contributed by atoms with E-state index in [0.29, 0.717) is 36.0 Å². The summed E-state index contributed by atoms with van der Waals surface area (Å²) >= 11 is 1.39. The fourth-order valence-corrected chi connectivity index (χ4v) is 5.25. The van der Waals surface area contributed by atoms with Crippen molar-refractivity contribution in [2.75, 3.05) is 31.6 Å². The van der Waals surface area contributed by atoms with Gasteiger partial charge >= 0.3 is 0 Å². The van der Waals surface area contributed by atoms with E-state index in [0.717, 1.165) is 36.6 Å². The number of anilines is 2. The maximum absolute atomic E-state index is 13.9. The number of hydrogen-bond donors (Lipinski definition) is 2. The second-order valence-electron chi connectivity index (χ2n) is 9.66. The molecule has 1 saturated heterocycles. The second-order valence-corrected chi connectivity index (χ2v) is 12.1. The molecule has 3 aromatic rings. The number of nitrogens with two attached hydrogens (primary N) is 1. The van der Waals surface area contributed by atoms with Crippen molar-refractivity contribution >= 4 is 32.2 Å². The Hall–Kier alpha value is -2.73. The van der Waals surface area contributed by atoms with Crippen LogP contribution in [0.15, 0.2) is 52.7 Å². The average molecular weight is 549 g/mol. The van der Waals surface area contributed by atoms with Crippen LogP contribution in [-0.4, -0.2) is 56.3 Å². The molecule has 1 aliphatic rings. The normalized spacial score (nSPS) is 16.1. The van der Waals surface area contributed by atoms with Gasteiger partial charge in [0.05, 0.1) is 22.4 Å². The van der Waals surface area contributed by atoms with Crippen LogP contribution in [0.2, 0.25) is 0 Å². The smallest absolute Gasteiger partial charge is 0.238 e. The van der Waals surface area contributed by atoms with Crippen LogP contribution in [0, 0.1) is 0 Å². The van der Waals surface area contributed by atoms with Crippen LogP contribution >= 0.6 is 11.3 Å². The lowest BCUT2D eigenvalue weighted by atomic mass is 9.96. The van der Waals surface area contributed by atoms with E-state index in [2.05, 4.69) is 15.2 Å². The molecule has 0 aliphatic carbocycles. The number of rotatable bonds is 10. The molecular formula is C26H33FN4O4S2. The lowest BCUT2D eigenvalue weighted by Crippen LogP contribution is -2.41. The zero-order chi connectivity index (χ0) is 26.6. The largest absolute Gasteiger partial charge is 0.492 e. The lowest BCUT2D eigenvalue weighted by molar-refractivity contribution is 0.0669. The van der Waals surface area contributed by atoms with Crippen LogP contribution in [-0.2, 0) is 10.0 Å². The predicted octanol–water partition coefficient (Wildman–Crippen LogP) is 5.19. The first-order chi connectivity index (χ1) is 17.5. The molecule has 0 saturated carbocycles. The first-order valence-electron chi connectivity index (χ1n) is 12.2. The number of alkyl halides is 1. The van der Waals surface area contributed by atoms with Crippen molar-refractivity contribution in [3.05, 3.63) is 47.8 Å². The summed E-state index contributed by atoms with van der Waals surface area (Å²) in [4.78, 5) is 6.86. The Bertz CT molecular complexity index is 1300. The molecule has 200 valence electrons. The van der Waals surface area contributed by atoms with Crippen LogP contribution in [0.25, 0.3) is 11.3 Å². The summed E-state index contributed by atoms with van der Waals surface area (Å²) in [5, 5.41) is 11.0. The molecule has 3 N–H and O–H groups in total. The number of thiazole rings is 1. The van der Waals surface area contributed by atoms with Crippen molar-refractivity contribution in [3.8, 4) is 22.8 Å². The number of sulfonamides is 1. The van der Waals surface area contributed by atoms with Gasteiger partial charge in [0.25, 0.3) is 0 Å². The highest BCUT2D eigenvalue weighted by Gasteiger charge is 2.29. The number of benzene rings is 2. The van der Waals surface area contributed by atoms with Crippen LogP contribution in [0.5, 0.6) is 11.5 Å². The van der Waals surface area contributed by atoms with E-state index in [-0.39, 0.29) is 11.0 Å². The molecule has 1 aromatic heterocycles. The first-order valence-corrected chi connectivity index (χ1v) is 14.6. The third-order valence-corrected chi connectivity index (χ3v) is 7.78. The molecule has 0 unspecified atom stereocenters. The number of nitrogens with one attached hydrogen (secondary N) is 1. The van der Waals surface area contributed by atoms with Gasteiger partial charge in [-0.15, -0.1) is 11.3 Å². The van der Waals surface area contributed by atoms with Crippen molar-refractivity contribution in [1.29, 1.82) is 0 Å². The van der Waals surface area contributed by atoms with Crippen molar-refractivity contribution in [1.82, 2.24) is 9.88 Å². The van der Waals surface area contributed by atoms with Crippen LogP contribution in [0.1, 0.15) is 33.6 Å². The van der Waals surface area contributed by atoms with Crippen molar-refractivity contribution in [2.45, 2.75) is 50.3 Å². The van der Waals surface area contributed by atoms with E-state index in [1.54, 1.807) is 13.0 Å². The number of piperidine rings is 1. The van der Waals surface area contributed by atoms with Gasteiger partial charge in [-0.05, 0) is 76.1 Å². The first kappa shape index (κ1) is 27.3. The molecule has 0 amide bonds. The molecule has 11 heteroatoms. The Kier molecular flexibility index (Phi) is 8.37. The van der Waals surface area contributed by atoms with Gasteiger partial charge < -0.3 is 14.8 Å². The quantitative estimate of drug-likeness (QED) is 0.359. The molecule has 4 rings (SSSR count). The topological polar surface area (TPSA) is 107 Å². The molecule has 1 aliphatic heterocycles. The van der Waals surface area contributed by atoms with Gasteiger partial charge in [-0.2, -0.15) is 0 Å². The zero-order valence-electron chi connectivity index (χ0n) is 21.2. The summed E-state index contributed by atoms with van der Waals surface area (Å²) in [6, 6.07) is 12.1. The van der Waals surface area contributed by atoms with Crippen molar-refractivity contribution in [3.63, 3.8) is 0 Å². The third-order valence-electron chi connectivity index (χ3n) is 6.11. The highest BCUT2D eigenvalue weighted by atomic mass is 32.2. The molecule has 0 atom stereocenters. The van der Waals surface area contributed by atoms with E-state index < -0.39 is 15.7 Å². The minimum absolute atomic E-state index is 0.0142. The summed E-state index contributed by atoms with van der Waals surface area (Å²) in [6.07, 6.45) is 1.03. The van der Waals surface area contributed by atoms with Gasteiger partial charge in [-0.1, -0.05) is 0 Å². The number of likely N-dealkylation sites (tertiary alicyclic amines) is 1. The highest BCUT2D eigenvalue weighted by molar-refractivity contribution is 7.89. The molecule has 0 spiro atoms. The van der Waals surface area contributed by atoms with Crippen molar-refractivity contribution < 1.29 is 22.3 Å². The fraction of sp³-hybridized carbons (Fsp3) is 0.423. The minimum Gasteiger partial charge on any atom is -0.492 e. The van der Waals surface area contributed by atoms with Crippen LogP contribution in [0.4, 0.5) is 15.2 Å². The Labute approximate surface area is 221 Å². The lowest BCUT2D eigenvalue weighted by Gasteiger charge is -2.33. The second kappa shape index (κ2) is 11.3. The number of nitrogens with zero attached hydrogens (tertiary/aromatic N) is 2. The molecular weight excluding hydrogens is 515 g/mol. The molecule has 0 radical (unpaired) electrons. The van der Waals surface area contributed by atoms with E-state index in [4.69, 9.17) is 14.6 Å². The van der Waals surface area contributed by atoms with Gasteiger partial charge in [-0.25, -0.2) is 22.9 Å². The van der Waals surface area contributed by atoms with E-state index >= 15 is 0 Å². The summed E-state index contributed by atoms with van der Waals surface area (Å²) in [5.74, 6) is 1.27. The van der Waals surface area contributed by atoms with Gasteiger partial charge in [0.2, 0.25) is 10.0 Å². The molecule has 37 heavy (non-hydrogen) atoms. The molecule has 2 aromatic carbocycles. The molecule has 0 bridgehead atoms. The zero-order valence-corrected chi connectivity index (χ0v) is 22.9. The number of aromatic nitrogens is 1. The van der Waals surface area contributed by atoms with E-state index in [9.17, 15) is 12.8 Å². The van der Waals surface area contributed by atoms with Gasteiger partial charge in [-0.3, -0.25) is 4.90 Å². The third kappa shape index (κ3) is 7.64. The van der Waals surface area contributed by atoms with Crippen LogP contribution in [0.3, 0.4) is 0 Å². The van der Waals surface area contributed by atoms with Crippen LogP contribution < -0.4 is 19.9 Å². The molecule has 2 heterocycles. The van der Waals surface area contributed by atoms with Gasteiger partial charge in [0, 0.05) is 30.6 Å². The summed E-state index contributed by atoms with van der Waals surface area (Å²) < 4.78 is 49.3. The highest BCUT2D eigenvalue weighted by Crippen LogP contribution is 2.34. The fourth-order valence-electron chi connectivity index (χ4n) is 3.98. The monoisotopic (exact) mass is 548 g/mol. The minimum atomic E-state index is -3.86. The number of ether oxygens (including phenoxy) is 2. The summed E-state index contributed by atoms with van der Waals surface area (Å²) in [5.41, 5.74) is 1.12. The number of primary sulfonamides is 1. The molecule has 1 fully saturated rings. The van der Waals surface area contributed by atoms with E-state index in [1.807, 2.05) is 43.5 Å². The maximum Gasteiger partial charge on any atom is 0.238 e. The Balaban J connectivity index is 1.38. The predicted molar refractivity (Wildman–Crippen MR) is 145 cm³/mol. The molecule has 8 nitrogen and oxygen atoms in total. The Morgan fingerprint density at radius 3 is 2.54 bits per heavy atom. The van der Waals surface area contributed by atoms with Gasteiger partial charge in [0.1, 0.15) is 23.8 Å². The summed E-state index contributed by atoms with van der Waals surface area (Å²) in [7, 11) is -3.86. The maximum atomic E-state index is 13.9. The number of hydrogen-bond acceptors (Lipinski definition) is 8. The van der Waals surface area contributed by atoms with Crippen molar-refractivity contribution in [2.24, 2.45) is 5.14 Å². The average Bonchev–Trinajstić information content (AvgIpc) is 3.29. The Morgan fingerprint density at radius 2 is 1.89 bits per heavy atom.